The number of anilines is 1. The first-order chi connectivity index (χ1) is 10.1. The Balaban J connectivity index is 1.68. The normalized spacial score (nSPS) is 22.3. The van der Waals surface area contributed by atoms with Crippen molar-refractivity contribution in [2.45, 2.75) is 12.2 Å². The summed E-state index contributed by atoms with van der Waals surface area (Å²) >= 11 is 1.85. The second kappa shape index (κ2) is 5.93. The predicted molar refractivity (Wildman–Crippen MR) is 85.9 cm³/mol. The van der Waals surface area contributed by atoms with Crippen molar-refractivity contribution in [2.75, 3.05) is 37.6 Å². The number of amides is 1. The molecular weight excluding hydrogens is 286 g/mol. The first-order valence-electron chi connectivity index (χ1n) is 7.10. The van der Waals surface area contributed by atoms with E-state index in [0.717, 1.165) is 43.6 Å². The molecule has 0 aromatic carbocycles. The summed E-state index contributed by atoms with van der Waals surface area (Å²) in [6.07, 6.45) is 3.25. The second-order valence-electron chi connectivity index (χ2n) is 5.28. The Kier molecular flexibility index (Phi) is 4.01. The van der Waals surface area contributed by atoms with Gasteiger partial charge in [-0.25, -0.2) is 0 Å². The summed E-state index contributed by atoms with van der Waals surface area (Å²) in [7, 11) is 0. The van der Waals surface area contributed by atoms with Gasteiger partial charge in [-0.1, -0.05) is 18.7 Å². The Morgan fingerprint density at radius 1 is 1.33 bits per heavy atom. The standard InChI is InChI=1S/C14H19N5OS/c1-10-8-17-14(21-10)19-6-4-18(5-7-19)12-2-3-16-9-11(12)13(15)20/h2-3,9-10H,4-8H2,1H3,(H2,15,20). The third kappa shape index (κ3) is 2.97. The van der Waals surface area contributed by atoms with Crippen LogP contribution in [0.1, 0.15) is 17.3 Å². The SMILES string of the molecule is CC1CN=C(N2CCN(c3ccncc3C(N)=O)CC2)S1. The molecule has 21 heavy (non-hydrogen) atoms. The van der Waals surface area contributed by atoms with E-state index >= 15 is 0 Å². The fourth-order valence-electron chi connectivity index (χ4n) is 2.63. The molecule has 1 aromatic rings. The van der Waals surface area contributed by atoms with E-state index in [-0.39, 0.29) is 0 Å². The largest absolute Gasteiger partial charge is 0.367 e. The number of piperazine rings is 1. The van der Waals surface area contributed by atoms with Crippen LogP contribution in [0.25, 0.3) is 0 Å². The average molecular weight is 305 g/mol. The lowest BCUT2D eigenvalue weighted by Gasteiger charge is -2.37. The number of aromatic nitrogens is 1. The van der Waals surface area contributed by atoms with Crippen molar-refractivity contribution in [3.63, 3.8) is 0 Å². The summed E-state index contributed by atoms with van der Waals surface area (Å²) in [6.45, 7) is 6.67. The Morgan fingerprint density at radius 2 is 2.05 bits per heavy atom. The number of hydrogen-bond acceptors (Lipinski definition) is 6. The smallest absolute Gasteiger partial charge is 0.252 e. The average Bonchev–Trinajstić information content (AvgIpc) is 2.94. The highest BCUT2D eigenvalue weighted by Crippen LogP contribution is 2.25. The molecule has 3 heterocycles. The molecule has 0 bridgehead atoms. The Bertz CT molecular complexity index is 568. The van der Waals surface area contributed by atoms with Crippen LogP contribution < -0.4 is 10.6 Å². The minimum absolute atomic E-state index is 0.426. The highest BCUT2D eigenvalue weighted by Gasteiger charge is 2.26. The molecule has 112 valence electrons. The zero-order valence-corrected chi connectivity index (χ0v) is 12.8. The maximum atomic E-state index is 11.5. The Hall–Kier alpha value is -1.76. The molecule has 1 amide bonds. The van der Waals surface area contributed by atoms with Gasteiger partial charge in [0.05, 0.1) is 17.8 Å². The molecule has 2 N–H and O–H groups in total. The molecule has 7 heteroatoms. The second-order valence-corrected chi connectivity index (χ2v) is 6.69. The van der Waals surface area contributed by atoms with Gasteiger partial charge in [0, 0.05) is 43.8 Å². The van der Waals surface area contributed by atoms with Gasteiger partial charge in [0.1, 0.15) is 0 Å². The molecule has 1 atom stereocenters. The van der Waals surface area contributed by atoms with Crippen molar-refractivity contribution >= 4 is 28.5 Å². The van der Waals surface area contributed by atoms with Crippen molar-refractivity contribution < 1.29 is 4.79 Å². The molecule has 3 rings (SSSR count). The number of carbonyl (C=O) groups is 1. The molecule has 0 aliphatic carbocycles. The number of amidine groups is 1. The maximum absolute atomic E-state index is 11.5. The lowest BCUT2D eigenvalue weighted by molar-refractivity contribution is 0.100. The molecule has 0 saturated carbocycles. The van der Waals surface area contributed by atoms with Crippen molar-refractivity contribution in [1.29, 1.82) is 0 Å². The van der Waals surface area contributed by atoms with Gasteiger partial charge in [-0.3, -0.25) is 14.8 Å². The zero-order valence-electron chi connectivity index (χ0n) is 12.0. The molecular formula is C14H19N5OS. The Labute approximate surface area is 128 Å². The van der Waals surface area contributed by atoms with Crippen LogP contribution in [0.4, 0.5) is 5.69 Å². The summed E-state index contributed by atoms with van der Waals surface area (Å²) in [4.78, 5) is 24.6. The van der Waals surface area contributed by atoms with Crippen LogP contribution in [0.15, 0.2) is 23.5 Å². The van der Waals surface area contributed by atoms with E-state index in [1.54, 1.807) is 12.4 Å². The van der Waals surface area contributed by atoms with Crippen molar-refractivity contribution in [1.82, 2.24) is 9.88 Å². The van der Waals surface area contributed by atoms with E-state index in [9.17, 15) is 4.79 Å². The van der Waals surface area contributed by atoms with Gasteiger partial charge in [-0.05, 0) is 6.07 Å². The van der Waals surface area contributed by atoms with Crippen LogP contribution in [0.2, 0.25) is 0 Å². The first kappa shape index (κ1) is 14.2. The number of hydrogen-bond donors (Lipinski definition) is 1. The highest BCUT2D eigenvalue weighted by molar-refractivity contribution is 8.14. The van der Waals surface area contributed by atoms with E-state index in [2.05, 4.69) is 26.7 Å². The number of rotatable bonds is 2. The van der Waals surface area contributed by atoms with Crippen molar-refractivity contribution in [3.8, 4) is 0 Å². The molecule has 1 aromatic heterocycles. The van der Waals surface area contributed by atoms with Crippen LogP contribution in [0.3, 0.4) is 0 Å². The van der Waals surface area contributed by atoms with E-state index in [1.807, 2.05) is 17.8 Å². The van der Waals surface area contributed by atoms with Gasteiger partial charge in [-0.2, -0.15) is 0 Å². The number of nitrogens with zero attached hydrogens (tertiary/aromatic N) is 4. The summed E-state index contributed by atoms with van der Waals surface area (Å²) in [5.74, 6) is -0.426. The van der Waals surface area contributed by atoms with Gasteiger partial charge in [0.15, 0.2) is 5.17 Å². The molecule has 1 unspecified atom stereocenters. The fourth-order valence-corrected chi connectivity index (χ4v) is 3.62. The van der Waals surface area contributed by atoms with Gasteiger partial charge in [0.25, 0.3) is 5.91 Å². The van der Waals surface area contributed by atoms with Gasteiger partial charge < -0.3 is 15.5 Å². The molecule has 6 nitrogen and oxygen atoms in total. The number of thioether (sulfide) groups is 1. The lowest BCUT2D eigenvalue weighted by atomic mass is 10.2. The summed E-state index contributed by atoms with van der Waals surface area (Å²) < 4.78 is 0. The number of primary amides is 1. The lowest BCUT2D eigenvalue weighted by Crippen LogP contribution is -2.48. The third-order valence-electron chi connectivity index (χ3n) is 3.74. The van der Waals surface area contributed by atoms with Gasteiger partial charge in [-0.15, -0.1) is 0 Å². The number of aliphatic imine (C=N–C) groups is 1. The van der Waals surface area contributed by atoms with Crippen LogP contribution in [-0.4, -0.2) is 58.9 Å². The topological polar surface area (TPSA) is 74.8 Å². The zero-order chi connectivity index (χ0) is 14.8. The third-order valence-corrected chi connectivity index (χ3v) is 4.89. The van der Waals surface area contributed by atoms with E-state index in [1.165, 1.54) is 0 Å². The van der Waals surface area contributed by atoms with E-state index in [0.29, 0.717) is 10.8 Å². The summed E-state index contributed by atoms with van der Waals surface area (Å²) in [6, 6.07) is 1.86. The van der Waals surface area contributed by atoms with Gasteiger partial charge >= 0.3 is 0 Å². The molecule has 1 fully saturated rings. The minimum atomic E-state index is -0.426. The van der Waals surface area contributed by atoms with Gasteiger partial charge in [0.2, 0.25) is 0 Å². The predicted octanol–water partition coefficient (Wildman–Crippen LogP) is 0.794. The number of carbonyl (C=O) groups excluding carboxylic acids is 1. The van der Waals surface area contributed by atoms with Crippen molar-refractivity contribution in [3.05, 3.63) is 24.0 Å². The quantitative estimate of drug-likeness (QED) is 0.874. The minimum Gasteiger partial charge on any atom is -0.367 e. The molecule has 2 aliphatic rings. The molecule has 0 radical (unpaired) electrons. The molecule has 2 aliphatic heterocycles. The first-order valence-corrected chi connectivity index (χ1v) is 7.98. The van der Waals surface area contributed by atoms with Crippen LogP contribution in [0, 0.1) is 0 Å². The fraction of sp³-hybridized carbons (Fsp3) is 0.500. The van der Waals surface area contributed by atoms with Crippen molar-refractivity contribution in [2.24, 2.45) is 10.7 Å². The van der Waals surface area contributed by atoms with Crippen LogP contribution in [0.5, 0.6) is 0 Å². The molecule has 1 saturated heterocycles. The number of nitrogens with two attached hydrogens (primary N) is 1. The summed E-state index contributed by atoms with van der Waals surface area (Å²) in [5, 5.41) is 1.74. The molecule has 0 spiro atoms. The Morgan fingerprint density at radius 3 is 2.67 bits per heavy atom. The van der Waals surface area contributed by atoms with Crippen LogP contribution in [-0.2, 0) is 0 Å². The monoisotopic (exact) mass is 305 g/mol. The number of pyridine rings is 1. The summed E-state index contributed by atoms with van der Waals surface area (Å²) in [5.41, 5.74) is 6.80. The van der Waals surface area contributed by atoms with E-state index in [4.69, 9.17) is 5.73 Å². The van der Waals surface area contributed by atoms with E-state index < -0.39 is 5.91 Å². The maximum Gasteiger partial charge on any atom is 0.252 e. The van der Waals surface area contributed by atoms with Crippen LogP contribution >= 0.6 is 11.8 Å². The highest BCUT2D eigenvalue weighted by atomic mass is 32.2.